The number of carbonyl (C=O) groups is 1. The molecule has 5 rings (SSSR count). The van der Waals surface area contributed by atoms with Crippen LogP contribution in [0.15, 0.2) is 30.3 Å². The first-order valence-electron chi connectivity index (χ1n) is 13.0. The number of carbonyl (C=O) groups excluding carboxylic acids is 1. The molecule has 12 heteroatoms. The number of hydrogen-bond donors (Lipinski definition) is 1. The lowest BCUT2D eigenvalue weighted by Gasteiger charge is -2.35. The van der Waals surface area contributed by atoms with Gasteiger partial charge >= 0.3 is 0 Å². The Morgan fingerprint density at radius 3 is 2.55 bits per heavy atom. The van der Waals surface area contributed by atoms with E-state index in [1.807, 2.05) is 11.9 Å². The fourth-order valence-electron chi connectivity index (χ4n) is 5.36. The fraction of sp³-hybridized carbons (Fsp3) is 0.538. The lowest BCUT2D eigenvalue weighted by molar-refractivity contribution is -0.306. The number of para-hydroxylation sites is 2. The highest BCUT2D eigenvalue weighted by molar-refractivity contribution is 5.78. The van der Waals surface area contributed by atoms with E-state index in [2.05, 4.69) is 20.2 Å². The fourth-order valence-corrected chi connectivity index (χ4v) is 5.36. The summed E-state index contributed by atoms with van der Waals surface area (Å²) in [5.41, 5.74) is 1.03. The molecule has 1 N–H and O–H groups in total. The van der Waals surface area contributed by atoms with E-state index < -0.39 is 12.4 Å². The highest BCUT2D eigenvalue weighted by Gasteiger charge is 2.26. The van der Waals surface area contributed by atoms with Gasteiger partial charge in [-0.3, -0.25) is 9.47 Å². The summed E-state index contributed by atoms with van der Waals surface area (Å²) >= 11 is 0. The van der Waals surface area contributed by atoms with Crippen molar-refractivity contribution in [3.63, 3.8) is 0 Å². The number of nitrogens with zero attached hydrogens (tertiary/aromatic N) is 6. The third kappa shape index (κ3) is 5.86. The first-order valence-corrected chi connectivity index (χ1v) is 13.0. The minimum absolute atomic E-state index is 0.0674. The largest absolute Gasteiger partial charge is 0.549 e. The van der Waals surface area contributed by atoms with E-state index in [0.29, 0.717) is 67.4 Å². The van der Waals surface area contributed by atoms with Crippen LogP contribution in [-0.4, -0.2) is 82.9 Å². The molecule has 0 unspecified atom stereocenters. The number of nitrogens with one attached hydrogen (secondary N) is 1. The van der Waals surface area contributed by atoms with Crippen molar-refractivity contribution < 1.29 is 23.4 Å². The molecule has 1 saturated heterocycles. The molecule has 1 saturated carbocycles. The molecule has 3 heterocycles. The van der Waals surface area contributed by atoms with Gasteiger partial charge in [0, 0.05) is 38.3 Å². The average molecular weight is 529 g/mol. The van der Waals surface area contributed by atoms with E-state index in [0.717, 1.165) is 25.7 Å². The van der Waals surface area contributed by atoms with Gasteiger partial charge in [-0.1, -0.05) is 12.1 Å². The number of imidazole rings is 1. The van der Waals surface area contributed by atoms with Crippen LogP contribution < -0.4 is 15.3 Å². The molecule has 0 amide bonds. The molecule has 1 aliphatic heterocycles. The number of halogens is 2. The third-order valence-corrected chi connectivity index (χ3v) is 7.41. The minimum atomic E-state index is -2.77. The predicted octanol–water partition coefficient (Wildman–Crippen LogP) is 2.24. The molecule has 0 radical (unpaired) electrons. The van der Waals surface area contributed by atoms with Crippen molar-refractivity contribution in [3.05, 3.63) is 36.2 Å². The summed E-state index contributed by atoms with van der Waals surface area (Å²) < 4.78 is 35.0. The normalized spacial score (nSPS) is 20.4. The molecule has 2 aliphatic rings. The van der Waals surface area contributed by atoms with E-state index in [-0.39, 0.29) is 18.4 Å². The third-order valence-electron chi connectivity index (χ3n) is 7.41. The van der Waals surface area contributed by atoms with Gasteiger partial charge < -0.3 is 24.9 Å². The van der Waals surface area contributed by atoms with Crippen LogP contribution in [0.1, 0.15) is 37.9 Å². The number of benzene rings is 1. The molecule has 1 aromatic carbocycles. The van der Waals surface area contributed by atoms with Crippen LogP contribution >= 0.6 is 0 Å². The van der Waals surface area contributed by atoms with E-state index in [4.69, 9.17) is 9.72 Å². The lowest BCUT2D eigenvalue weighted by atomic mass is 9.85. The van der Waals surface area contributed by atoms with Gasteiger partial charge in [-0.2, -0.15) is 9.97 Å². The van der Waals surface area contributed by atoms with Crippen molar-refractivity contribution in [1.29, 1.82) is 0 Å². The molecule has 10 nitrogen and oxygen atoms in total. The van der Waals surface area contributed by atoms with E-state index >= 15 is 0 Å². The molecule has 0 spiro atoms. The molecule has 2 fully saturated rings. The van der Waals surface area contributed by atoms with Gasteiger partial charge in [0.1, 0.15) is 11.6 Å². The Morgan fingerprint density at radius 2 is 1.84 bits per heavy atom. The Labute approximate surface area is 219 Å². The maximum absolute atomic E-state index is 14.0. The van der Waals surface area contributed by atoms with Gasteiger partial charge in [-0.25, -0.2) is 13.8 Å². The zero-order valence-corrected chi connectivity index (χ0v) is 21.4. The Bertz CT molecular complexity index is 1260. The summed E-state index contributed by atoms with van der Waals surface area (Å²) in [6, 6.07) is 8.98. The minimum Gasteiger partial charge on any atom is -0.549 e. The van der Waals surface area contributed by atoms with Crippen LogP contribution in [0.4, 0.5) is 20.5 Å². The van der Waals surface area contributed by atoms with E-state index in [1.54, 1.807) is 30.3 Å². The van der Waals surface area contributed by atoms with Gasteiger partial charge in [0.05, 0.1) is 30.2 Å². The first kappa shape index (κ1) is 26.2. The van der Waals surface area contributed by atoms with Crippen LogP contribution in [0.25, 0.3) is 16.9 Å². The summed E-state index contributed by atoms with van der Waals surface area (Å²) in [6.45, 7) is 2.98. The summed E-state index contributed by atoms with van der Waals surface area (Å²) in [4.78, 5) is 28.4. The van der Waals surface area contributed by atoms with Crippen LogP contribution in [0.5, 0.6) is 0 Å². The van der Waals surface area contributed by atoms with Gasteiger partial charge in [0.25, 0.3) is 6.43 Å². The van der Waals surface area contributed by atoms with Gasteiger partial charge in [0.15, 0.2) is 5.82 Å². The Balaban J connectivity index is 1.38. The summed E-state index contributed by atoms with van der Waals surface area (Å²) in [5.74, 6) is 0.297. The number of aromatic nitrogens is 4. The number of morpholine rings is 1. The predicted molar refractivity (Wildman–Crippen MR) is 137 cm³/mol. The highest BCUT2D eigenvalue weighted by Crippen LogP contribution is 2.30. The van der Waals surface area contributed by atoms with Crippen molar-refractivity contribution in [1.82, 2.24) is 24.4 Å². The van der Waals surface area contributed by atoms with E-state index in [9.17, 15) is 18.7 Å². The van der Waals surface area contributed by atoms with Gasteiger partial charge in [0.2, 0.25) is 5.95 Å². The average Bonchev–Trinajstić information content (AvgIpc) is 3.32. The van der Waals surface area contributed by atoms with Crippen LogP contribution in [0, 0.1) is 5.92 Å². The Hall–Kier alpha value is -3.38. The Kier molecular flexibility index (Phi) is 7.98. The molecule has 0 bridgehead atoms. The Morgan fingerprint density at radius 1 is 1.13 bits per heavy atom. The topological polar surface area (TPSA) is 111 Å². The number of ether oxygens (including phenoxy) is 1. The zero-order chi connectivity index (χ0) is 26.6. The molecule has 1 aliphatic carbocycles. The standard InChI is InChI=1S/C26H33F2N7O3/c1-33(16-23(36)37)18-8-6-17(7-9-18)15-29-26-31-21(34-10-12-38-13-11-34)14-22(32-26)35-20-5-3-2-4-19(20)30-25(35)24(27)28/h2-5,14,17-18,24H,6-13,15-16H2,1H3,(H,36,37)(H,29,31,32)/p-1. The quantitative estimate of drug-likeness (QED) is 0.447. The van der Waals surface area contributed by atoms with Crippen molar-refractivity contribution >= 4 is 28.8 Å². The number of likely N-dealkylation sites (N-methyl/N-ethyl adjacent to an activating group) is 1. The summed E-state index contributed by atoms with van der Waals surface area (Å²) in [7, 11) is 1.82. The number of rotatable bonds is 9. The van der Waals surface area contributed by atoms with E-state index in [1.165, 1.54) is 4.57 Å². The number of carboxylic acids is 1. The van der Waals surface area contributed by atoms with Crippen LogP contribution in [0.2, 0.25) is 0 Å². The highest BCUT2D eigenvalue weighted by atomic mass is 19.3. The monoisotopic (exact) mass is 528 g/mol. The number of alkyl halides is 2. The molecule has 3 aromatic rings. The molecule has 38 heavy (non-hydrogen) atoms. The summed E-state index contributed by atoms with van der Waals surface area (Å²) in [6.07, 6.45) is 0.897. The second-order valence-electron chi connectivity index (χ2n) is 9.94. The smallest absolute Gasteiger partial charge is 0.296 e. The van der Waals surface area contributed by atoms with Gasteiger partial charge in [-0.15, -0.1) is 0 Å². The molecule has 0 atom stereocenters. The number of fused-ring (bicyclic) bond motifs is 1. The van der Waals surface area contributed by atoms with Crippen molar-refractivity contribution in [2.24, 2.45) is 5.92 Å². The zero-order valence-electron chi connectivity index (χ0n) is 21.4. The number of anilines is 2. The lowest BCUT2D eigenvalue weighted by Crippen LogP contribution is -2.43. The number of hydrogen-bond acceptors (Lipinski definition) is 9. The maximum atomic E-state index is 14.0. The van der Waals surface area contributed by atoms with Crippen molar-refractivity contribution in [2.75, 3.05) is 56.7 Å². The maximum Gasteiger partial charge on any atom is 0.296 e. The second kappa shape index (κ2) is 11.6. The number of aliphatic carboxylic acids is 1. The SMILES string of the molecule is CN(CC(=O)[O-])C1CCC(CNc2nc(N3CCOCC3)cc(-n3c(C(F)F)nc4ccccc43)n2)CC1. The summed E-state index contributed by atoms with van der Waals surface area (Å²) in [5, 5.41) is 14.3. The first-order chi connectivity index (χ1) is 18.4. The van der Waals surface area contributed by atoms with Gasteiger partial charge in [-0.05, 0) is 50.8 Å². The molecule has 2 aromatic heterocycles. The second-order valence-corrected chi connectivity index (χ2v) is 9.94. The number of carboxylic acid groups (broad SMARTS) is 1. The van der Waals surface area contributed by atoms with Crippen LogP contribution in [0.3, 0.4) is 0 Å². The molecular weight excluding hydrogens is 496 g/mol. The van der Waals surface area contributed by atoms with Crippen molar-refractivity contribution in [3.8, 4) is 5.82 Å². The molecular formula is C26H32F2N7O3-. The van der Waals surface area contributed by atoms with Crippen LogP contribution in [-0.2, 0) is 9.53 Å². The molecule has 204 valence electrons. The van der Waals surface area contributed by atoms with Crippen molar-refractivity contribution in [2.45, 2.75) is 38.2 Å².